The van der Waals surface area contributed by atoms with E-state index in [0.717, 1.165) is 16.7 Å². The van der Waals surface area contributed by atoms with E-state index in [1.807, 2.05) is 48.5 Å². The molecule has 3 aromatic carbocycles. The van der Waals surface area contributed by atoms with Crippen molar-refractivity contribution in [2.45, 2.75) is 32.1 Å². The van der Waals surface area contributed by atoms with Crippen LogP contribution in [0.15, 0.2) is 76.9 Å². The molecule has 1 atom stereocenters. The fourth-order valence-electron chi connectivity index (χ4n) is 3.50. The van der Waals surface area contributed by atoms with Crippen LogP contribution in [0.1, 0.15) is 27.8 Å². The SMILES string of the molecule is COc1cc(/C=N\N=C2/NC(=O)[C@@H](Cc3ccc(C)c(C)c3)S2)ccc1OCc1ccccc1. The van der Waals surface area contributed by atoms with Crippen LogP contribution in [0.2, 0.25) is 0 Å². The van der Waals surface area contributed by atoms with Gasteiger partial charge in [-0.3, -0.25) is 4.79 Å². The minimum absolute atomic E-state index is 0.0428. The van der Waals surface area contributed by atoms with Gasteiger partial charge >= 0.3 is 0 Å². The van der Waals surface area contributed by atoms with Crippen LogP contribution in [0.3, 0.4) is 0 Å². The fourth-order valence-corrected chi connectivity index (χ4v) is 4.46. The Balaban J connectivity index is 1.36. The molecule has 0 bridgehead atoms. The average molecular weight is 474 g/mol. The lowest BCUT2D eigenvalue weighted by molar-refractivity contribution is -0.118. The fraction of sp³-hybridized carbons (Fsp3) is 0.222. The molecule has 1 aliphatic heterocycles. The first-order valence-electron chi connectivity index (χ1n) is 11.0. The van der Waals surface area contributed by atoms with Gasteiger partial charge in [-0.15, -0.1) is 5.10 Å². The Hall–Kier alpha value is -3.58. The van der Waals surface area contributed by atoms with Crippen LogP contribution in [-0.4, -0.2) is 29.6 Å². The predicted molar refractivity (Wildman–Crippen MR) is 138 cm³/mol. The summed E-state index contributed by atoms with van der Waals surface area (Å²) in [4.78, 5) is 12.4. The van der Waals surface area contributed by atoms with Crippen molar-refractivity contribution in [2.24, 2.45) is 10.2 Å². The van der Waals surface area contributed by atoms with Gasteiger partial charge in [-0.1, -0.05) is 60.3 Å². The Kier molecular flexibility index (Phi) is 7.65. The van der Waals surface area contributed by atoms with Gasteiger partial charge in [-0.25, -0.2) is 0 Å². The Labute approximate surface area is 204 Å². The Morgan fingerprint density at radius 1 is 0.971 bits per heavy atom. The molecular weight excluding hydrogens is 446 g/mol. The van der Waals surface area contributed by atoms with Crippen molar-refractivity contribution in [1.82, 2.24) is 5.32 Å². The van der Waals surface area contributed by atoms with Gasteiger partial charge < -0.3 is 14.8 Å². The van der Waals surface area contributed by atoms with Gasteiger partial charge in [0.25, 0.3) is 0 Å². The van der Waals surface area contributed by atoms with E-state index in [0.29, 0.717) is 29.7 Å². The first kappa shape index (κ1) is 23.6. The van der Waals surface area contributed by atoms with Crippen LogP contribution >= 0.6 is 11.8 Å². The van der Waals surface area contributed by atoms with E-state index < -0.39 is 0 Å². The number of nitrogens with zero attached hydrogens (tertiary/aromatic N) is 2. The molecule has 1 heterocycles. The molecule has 0 unspecified atom stereocenters. The largest absolute Gasteiger partial charge is 0.493 e. The molecule has 1 amide bonds. The summed E-state index contributed by atoms with van der Waals surface area (Å²) in [6, 6.07) is 21.8. The number of thioether (sulfide) groups is 1. The summed E-state index contributed by atoms with van der Waals surface area (Å²) in [5.74, 6) is 1.23. The molecule has 1 N–H and O–H groups in total. The normalized spacial score (nSPS) is 16.7. The van der Waals surface area contributed by atoms with E-state index in [4.69, 9.17) is 9.47 Å². The molecule has 0 saturated carbocycles. The van der Waals surface area contributed by atoms with E-state index in [-0.39, 0.29) is 11.2 Å². The standard InChI is InChI=1S/C27H27N3O3S/c1-18-9-10-21(13-19(18)2)15-25-26(31)29-27(34-25)30-28-16-22-11-12-23(24(14-22)32-3)33-17-20-7-5-4-6-8-20/h4-14,16,25H,15,17H2,1-3H3,(H,29,30,31)/b28-16-/t25-/m1/s1. The molecule has 6 nitrogen and oxygen atoms in total. The number of carbonyl (C=O) groups is 1. The average Bonchev–Trinajstić information content (AvgIpc) is 3.19. The second kappa shape index (κ2) is 11.0. The number of amides is 1. The van der Waals surface area contributed by atoms with Crippen molar-refractivity contribution >= 4 is 29.1 Å². The molecule has 0 radical (unpaired) electrons. The van der Waals surface area contributed by atoms with Crippen molar-refractivity contribution in [2.75, 3.05) is 7.11 Å². The third kappa shape index (κ3) is 6.05. The van der Waals surface area contributed by atoms with Gasteiger partial charge in [-0.05, 0) is 66.3 Å². The third-order valence-electron chi connectivity index (χ3n) is 5.55. The lowest BCUT2D eigenvalue weighted by atomic mass is 10.0. The van der Waals surface area contributed by atoms with Crippen LogP contribution in [0.5, 0.6) is 11.5 Å². The molecular formula is C27H27N3O3S. The van der Waals surface area contributed by atoms with E-state index in [1.165, 1.54) is 22.9 Å². The predicted octanol–water partition coefficient (Wildman–Crippen LogP) is 5.06. The van der Waals surface area contributed by atoms with Crippen LogP contribution in [-0.2, 0) is 17.8 Å². The molecule has 1 fully saturated rings. The molecule has 0 aromatic heterocycles. The number of hydrogen-bond acceptors (Lipinski definition) is 6. The van der Waals surface area contributed by atoms with Gasteiger partial charge in [0, 0.05) is 0 Å². The molecule has 174 valence electrons. The number of amidine groups is 1. The number of methoxy groups -OCH3 is 1. The summed E-state index contributed by atoms with van der Waals surface area (Å²) >= 11 is 1.40. The highest BCUT2D eigenvalue weighted by atomic mass is 32.2. The van der Waals surface area contributed by atoms with Crippen LogP contribution < -0.4 is 14.8 Å². The summed E-state index contributed by atoms with van der Waals surface area (Å²) in [5, 5.41) is 11.5. The Bertz CT molecular complexity index is 1230. The van der Waals surface area contributed by atoms with Gasteiger partial charge in [0.2, 0.25) is 5.91 Å². The number of hydrogen-bond donors (Lipinski definition) is 1. The summed E-state index contributed by atoms with van der Waals surface area (Å²) in [5.41, 5.74) is 5.51. The lowest BCUT2D eigenvalue weighted by Crippen LogP contribution is -2.25. The first-order chi connectivity index (χ1) is 16.5. The second-order valence-electron chi connectivity index (χ2n) is 8.05. The van der Waals surface area contributed by atoms with Gasteiger partial charge in [-0.2, -0.15) is 5.10 Å². The number of benzene rings is 3. The molecule has 1 aliphatic rings. The smallest absolute Gasteiger partial charge is 0.239 e. The number of ether oxygens (including phenoxy) is 2. The van der Waals surface area contributed by atoms with Gasteiger partial charge in [0.15, 0.2) is 16.7 Å². The molecule has 0 aliphatic carbocycles. The molecule has 3 aromatic rings. The third-order valence-corrected chi connectivity index (χ3v) is 6.62. The number of carbonyl (C=O) groups excluding carboxylic acids is 1. The van der Waals surface area contributed by atoms with Crippen molar-refractivity contribution in [3.8, 4) is 11.5 Å². The Morgan fingerprint density at radius 3 is 2.56 bits per heavy atom. The minimum atomic E-state index is -0.211. The molecule has 34 heavy (non-hydrogen) atoms. The summed E-state index contributed by atoms with van der Waals surface area (Å²) in [7, 11) is 1.60. The molecule has 7 heteroatoms. The van der Waals surface area contributed by atoms with E-state index in [9.17, 15) is 4.79 Å². The van der Waals surface area contributed by atoms with Crippen LogP contribution in [0.4, 0.5) is 0 Å². The van der Waals surface area contributed by atoms with Crippen LogP contribution in [0, 0.1) is 13.8 Å². The van der Waals surface area contributed by atoms with Crippen molar-refractivity contribution in [1.29, 1.82) is 0 Å². The highest BCUT2D eigenvalue weighted by Gasteiger charge is 2.30. The number of nitrogens with one attached hydrogen (secondary N) is 1. The highest BCUT2D eigenvalue weighted by molar-refractivity contribution is 8.15. The van der Waals surface area contributed by atoms with E-state index in [1.54, 1.807) is 13.3 Å². The maximum atomic E-state index is 12.4. The zero-order chi connectivity index (χ0) is 23.9. The zero-order valence-corrected chi connectivity index (χ0v) is 20.3. The maximum absolute atomic E-state index is 12.4. The minimum Gasteiger partial charge on any atom is -0.493 e. The van der Waals surface area contributed by atoms with Crippen molar-refractivity contribution in [3.63, 3.8) is 0 Å². The molecule has 0 spiro atoms. The quantitative estimate of drug-likeness (QED) is 0.367. The Morgan fingerprint density at radius 2 is 1.79 bits per heavy atom. The highest BCUT2D eigenvalue weighted by Crippen LogP contribution is 2.28. The number of aryl methyl sites for hydroxylation is 2. The van der Waals surface area contributed by atoms with Crippen molar-refractivity contribution in [3.05, 3.63) is 94.5 Å². The zero-order valence-electron chi connectivity index (χ0n) is 19.4. The van der Waals surface area contributed by atoms with Crippen LogP contribution in [0.25, 0.3) is 0 Å². The molecule has 1 saturated heterocycles. The van der Waals surface area contributed by atoms with Gasteiger partial charge in [0.1, 0.15) is 6.61 Å². The van der Waals surface area contributed by atoms with Gasteiger partial charge in [0.05, 0.1) is 18.6 Å². The summed E-state index contributed by atoms with van der Waals surface area (Å²) < 4.78 is 11.4. The summed E-state index contributed by atoms with van der Waals surface area (Å²) in [6.07, 6.45) is 2.28. The maximum Gasteiger partial charge on any atom is 0.239 e. The van der Waals surface area contributed by atoms with Crippen molar-refractivity contribution < 1.29 is 14.3 Å². The summed E-state index contributed by atoms with van der Waals surface area (Å²) in [6.45, 7) is 4.62. The lowest BCUT2D eigenvalue weighted by Gasteiger charge is -2.11. The topological polar surface area (TPSA) is 72.3 Å². The van der Waals surface area contributed by atoms with E-state index in [2.05, 4.69) is 47.6 Å². The van der Waals surface area contributed by atoms with E-state index >= 15 is 0 Å². The first-order valence-corrected chi connectivity index (χ1v) is 11.9. The second-order valence-corrected chi connectivity index (χ2v) is 9.24. The molecule has 4 rings (SSSR count). The monoisotopic (exact) mass is 473 g/mol. The number of rotatable bonds is 8.